The van der Waals surface area contributed by atoms with Crippen molar-refractivity contribution in [1.82, 2.24) is 9.38 Å². The van der Waals surface area contributed by atoms with Crippen LogP contribution in [0.2, 0.25) is 0 Å². The molecular weight excluding hydrogens is 416 g/mol. The Hall–Kier alpha value is -3.94. The molecule has 0 aliphatic rings. The molecular formula is C24H21F2N3O3. The van der Waals surface area contributed by atoms with Crippen LogP contribution in [-0.2, 0) is 6.61 Å². The Morgan fingerprint density at radius 2 is 1.72 bits per heavy atom. The quantitative estimate of drug-likeness (QED) is 0.458. The molecule has 0 saturated carbocycles. The monoisotopic (exact) mass is 437 g/mol. The number of amides is 1. The molecule has 4 rings (SSSR count). The van der Waals surface area contributed by atoms with E-state index >= 15 is 0 Å². The lowest BCUT2D eigenvalue weighted by Gasteiger charge is -2.13. The summed E-state index contributed by atoms with van der Waals surface area (Å²) in [6, 6.07) is 12.4. The first-order valence-corrected chi connectivity index (χ1v) is 9.89. The lowest BCUT2D eigenvalue weighted by atomic mass is 10.1. The van der Waals surface area contributed by atoms with Crippen molar-refractivity contribution in [3.8, 4) is 11.5 Å². The Labute approximate surface area is 183 Å². The van der Waals surface area contributed by atoms with Gasteiger partial charge in [-0.25, -0.2) is 13.8 Å². The van der Waals surface area contributed by atoms with Crippen molar-refractivity contribution >= 4 is 17.2 Å². The summed E-state index contributed by atoms with van der Waals surface area (Å²) in [6.07, 6.45) is 1.68. The molecule has 0 radical (unpaired) electrons. The molecule has 0 fully saturated rings. The minimum atomic E-state index is -0.691. The second-order valence-corrected chi connectivity index (χ2v) is 7.21. The first kappa shape index (κ1) is 21.3. The predicted octanol–water partition coefficient (Wildman–Crippen LogP) is 5.07. The highest BCUT2D eigenvalue weighted by Gasteiger charge is 2.21. The fraction of sp³-hybridized carbons (Fsp3) is 0.167. The van der Waals surface area contributed by atoms with Gasteiger partial charge in [-0.15, -0.1) is 0 Å². The fourth-order valence-electron chi connectivity index (χ4n) is 3.51. The van der Waals surface area contributed by atoms with Crippen LogP contribution in [0.1, 0.15) is 27.3 Å². The number of ether oxygens (including phenoxy) is 2. The third-order valence-corrected chi connectivity index (χ3v) is 5.13. The fourth-order valence-corrected chi connectivity index (χ4v) is 3.51. The normalized spacial score (nSPS) is 10.9. The SMILES string of the molecule is COc1cccc(C)c1NC(=O)c1c(C)nc2c(OCc3c(F)cccc3F)cccn12. The summed E-state index contributed by atoms with van der Waals surface area (Å²) in [7, 11) is 1.53. The molecule has 0 spiro atoms. The highest BCUT2D eigenvalue weighted by molar-refractivity contribution is 6.05. The minimum Gasteiger partial charge on any atom is -0.495 e. The molecule has 2 aromatic heterocycles. The van der Waals surface area contributed by atoms with Gasteiger partial charge in [-0.2, -0.15) is 0 Å². The predicted molar refractivity (Wildman–Crippen MR) is 116 cm³/mol. The van der Waals surface area contributed by atoms with Gasteiger partial charge in [-0.05, 0) is 49.7 Å². The van der Waals surface area contributed by atoms with Crippen molar-refractivity contribution in [2.45, 2.75) is 20.5 Å². The summed E-state index contributed by atoms with van der Waals surface area (Å²) >= 11 is 0. The van der Waals surface area contributed by atoms with E-state index in [-0.39, 0.29) is 18.1 Å². The van der Waals surface area contributed by atoms with Crippen LogP contribution in [-0.4, -0.2) is 22.4 Å². The molecule has 6 nitrogen and oxygen atoms in total. The van der Waals surface area contributed by atoms with E-state index in [9.17, 15) is 13.6 Å². The zero-order chi connectivity index (χ0) is 22.8. The Morgan fingerprint density at radius 3 is 2.44 bits per heavy atom. The standard InChI is InChI=1S/C24H21F2N3O3/c1-14-7-4-10-19(31-3)21(14)28-24(30)22-15(2)27-23-20(11-6-12-29(22)23)32-13-16-17(25)8-5-9-18(16)26/h4-12H,13H2,1-3H3,(H,28,30). The van der Waals surface area contributed by atoms with Crippen molar-refractivity contribution in [3.63, 3.8) is 0 Å². The summed E-state index contributed by atoms with van der Waals surface area (Å²) < 4.78 is 40.5. The van der Waals surface area contributed by atoms with E-state index < -0.39 is 11.6 Å². The maximum atomic E-state index is 13.9. The average Bonchev–Trinajstić information content (AvgIpc) is 3.11. The smallest absolute Gasteiger partial charge is 0.274 e. The number of rotatable bonds is 6. The van der Waals surface area contributed by atoms with Crippen molar-refractivity contribution in [1.29, 1.82) is 0 Å². The molecule has 164 valence electrons. The van der Waals surface area contributed by atoms with Gasteiger partial charge in [-0.1, -0.05) is 18.2 Å². The minimum absolute atomic E-state index is 0.178. The zero-order valence-electron chi connectivity index (χ0n) is 17.8. The number of para-hydroxylation sites is 1. The van der Waals surface area contributed by atoms with Gasteiger partial charge in [0.2, 0.25) is 0 Å². The van der Waals surface area contributed by atoms with Crippen LogP contribution >= 0.6 is 0 Å². The molecule has 1 amide bonds. The molecule has 0 bridgehead atoms. The Morgan fingerprint density at radius 1 is 1.03 bits per heavy atom. The van der Waals surface area contributed by atoms with Crippen molar-refractivity contribution in [3.05, 3.63) is 88.9 Å². The molecule has 2 aromatic carbocycles. The van der Waals surface area contributed by atoms with Gasteiger partial charge in [0.05, 0.1) is 24.1 Å². The van der Waals surface area contributed by atoms with Gasteiger partial charge in [0, 0.05) is 6.20 Å². The number of hydrogen-bond donors (Lipinski definition) is 1. The summed E-state index contributed by atoms with van der Waals surface area (Å²) in [5, 5.41) is 2.89. The number of benzene rings is 2. The van der Waals surface area contributed by atoms with Crippen LogP contribution in [0.5, 0.6) is 11.5 Å². The Balaban J connectivity index is 1.66. The number of carbonyl (C=O) groups is 1. The number of imidazole rings is 1. The van der Waals surface area contributed by atoms with E-state index in [0.717, 1.165) is 5.56 Å². The van der Waals surface area contributed by atoms with Crippen LogP contribution in [0, 0.1) is 25.5 Å². The maximum absolute atomic E-state index is 13.9. The molecule has 8 heteroatoms. The molecule has 32 heavy (non-hydrogen) atoms. The number of nitrogens with zero attached hydrogens (tertiary/aromatic N) is 2. The molecule has 1 N–H and O–H groups in total. The van der Waals surface area contributed by atoms with Gasteiger partial charge >= 0.3 is 0 Å². The van der Waals surface area contributed by atoms with E-state index in [1.807, 2.05) is 19.1 Å². The number of aryl methyl sites for hydroxylation is 2. The molecule has 2 heterocycles. The second kappa shape index (κ2) is 8.66. The van der Waals surface area contributed by atoms with Gasteiger partial charge in [-0.3, -0.25) is 9.20 Å². The van der Waals surface area contributed by atoms with E-state index in [1.165, 1.54) is 25.3 Å². The van der Waals surface area contributed by atoms with Crippen LogP contribution < -0.4 is 14.8 Å². The van der Waals surface area contributed by atoms with E-state index in [0.29, 0.717) is 34.2 Å². The zero-order valence-corrected chi connectivity index (χ0v) is 17.8. The summed E-state index contributed by atoms with van der Waals surface area (Å²) in [5.74, 6) is -0.918. The number of anilines is 1. The lowest BCUT2D eigenvalue weighted by molar-refractivity contribution is 0.102. The third-order valence-electron chi connectivity index (χ3n) is 5.13. The van der Waals surface area contributed by atoms with Crippen molar-refractivity contribution in [2.24, 2.45) is 0 Å². The number of nitrogens with one attached hydrogen (secondary N) is 1. The van der Waals surface area contributed by atoms with Crippen molar-refractivity contribution < 1.29 is 23.0 Å². The average molecular weight is 437 g/mol. The number of hydrogen-bond acceptors (Lipinski definition) is 4. The second-order valence-electron chi connectivity index (χ2n) is 7.21. The Bertz CT molecular complexity index is 1300. The van der Waals surface area contributed by atoms with Gasteiger partial charge < -0.3 is 14.8 Å². The number of carbonyl (C=O) groups excluding carboxylic acids is 1. The maximum Gasteiger partial charge on any atom is 0.274 e. The van der Waals surface area contributed by atoms with Crippen LogP contribution in [0.3, 0.4) is 0 Å². The van der Waals surface area contributed by atoms with E-state index in [4.69, 9.17) is 9.47 Å². The summed E-state index contributed by atoms with van der Waals surface area (Å²) in [5.41, 5.74) is 2.39. The van der Waals surface area contributed by atoms with Crippen LogP contribution in [0.15, 0.2) is 54.7 Å². The number of aromatic nitrogens is 2. The van der Waals surface area contributed by atoms with Gasteiger partial charge in [0.25, 0.3) is 5.91 Å². The number of methoxy groups -OCH3 is 1. The first-order chi connectivity index (χ1) is 15.4. The van der Waals surface area contributed by atoms with Gasteiger partial charge in [0.1, 0.15) is 29.7 Å². The number of halogens is 2. The molecule has 0 aliphatic heterocycles. The Kier molecular flexibility index (Phi) is 5.77. The molecule has 0 saturated heterocycles. The van der Waals surface area contributed by atoms with E-state index in [2.05, 4.69) is 10.3 Å². The summed E-state index contributed by atoms with van der Waals surface area (Å²) in [4.78, 5) is 17.6. The molecule has 0 atom stereocenters. The summed E-state index contributed by atoms with van der Waals surface area (Å²) in [6.45, 7) is 3.26. The number of pyridine rings is 1. The topological polar surface area (TPSA) is 64.9 Å². The molecule has 0 unspecified atom stereocenters. The van der Waals surface area contributed by atoms with E-state index in [1.54, 1.807) is 35.7 Å². The van der Waals surface area contributed by atoms with Gasteiger partial charge in [0.15, 0.2) is 11.4 Å². The molecule has 4 aromatic rings. The van der Waals surface area contributed by atoms with Crippen LogP contribution in [0.4, 0.5) is 14.5 Å². The first-order valence-electron chi connectivity index (χ1n) is 9.89. The largest absolute Gasteiger partial charge is 0.495 e. The third kappa shape index (κ3) is 3.87. The highest BCUT2D eigenvalue weighted by Crippen LogP contribution is 2.29. The molecule has 0 aliphatic carbocycles. The number of fused-ring (bicyclic) bond motifs is 1. The van der Waals surface area contributed by atoms with Crippen molar-refractivity contribution in [2.75, 3.05) is 12.4 Å². The highest BCUT2D eigenvalue weighted by atomic mass is 19.1. The van der Waals surface area contributed by atoms with Crippen LogP contribution in [0.25, 0.3) is 5.65 Å². The lowest BCUT2D eigenvalue weighted by Crippen LogP contribution is -2.17.